The first-order valence-electron chi connectivity index (χ1n) is 9.42. The van der Waals surface area contributed by atoms with Crippen LogP contribution >= 0.6 is 0 Å². The topological polar surface area (TPSA) is 90.3 Å². The number of hydrogen-bond donors (Lipinski definition) is 1. The number of carbonyl (C=O) groups is 2. The van der Waals surface area contributed by atoms with E-state index < -0.39 is 18.5 Å². The molecule has 3 rings (SSSR count). The molecule has 150 valence electrons. The van der Waals surface area contributed by atoms with Crippen LogP contribution in [0.25, 0.3) is 10.8 Å². The second-order valence-corrected chi connectivity index (χ2v) is 6.78. The van der Waals surface area contributed by atoms with E-state index in [1.807, 2.05) is 31.2 Å². The van der Waals surface area contributed by atoms with Crippen molar-refractivity contribution in [3.63, 3.8) is 0 Å². The summed E-state index contributed by atoms with van der Waals surface area (Å²) < 4.78 is 6.22. The van der Waals surface area contributed by atoms with Gasteiger partial charge in [-0.15, -0.1) is 0 Å². The molecule has 7 heteroatoms. The fourth-order valence-corrected chi connectivity index (χ4v) is 3.06. The number of carbonyl (C=O) groups excluding carboxylic acids is 2. The van der Waals surface area contributed by atoms with E-state index in [9.17, 15) is 14.4 Å². The Morgan fingerprint density at radius 1 is 1.10 bits per heavy atom. The van der Waals surface area contributed by atoms with Crippen molar-refractivity contribution >= 4 is 22.6 Å². The summed E-state index contributed by atoms with van der Waals surface area (Å²) >= 11 is 0. The van der Waals surface area contributed by atoms with Crippen LogP contribution in [0.1, 0.15) is 41.5 Å². The van der Waals surface area contributed by atoms with Gasteiger partial charge in [-0.25, -0.2) is 9.48 Å². The van der Waals surface area contributed by atoms with Crippen molar-refractivity contribution in [2.24, 2.45) is 7.05 Å². The first kappa shape index (κ1) is 20.3. The Morgan fingerprint density at radius 3 is 2.41 bits per heavy atom. The van der Waals surface area contributed by atoms with E-state index in [1.54, 1.807) is 24.3 Å². The second kappa shape index (κ2) is 8.68. The molecule has 0 saturated heterocycles. The van der Waals surface area contributed by atoms with E-state index in [0.29, 0.717) is 10.8 Å². The maximum Gasteiger partial charge on any atom is 0.359 e. The molecule has 1 atom stereocenters. The standard InChI is InChI=1S/C22H23N3O4/c1-4-15-9-11-16(12-10-15)14(2)23-19(26)13-29-22(28)20-17-7-5-6-8-18(17)21(27)25(3)24-20/h5-12,14H,4,13H2,1-3H3,(H,23,26)/t14-/m0/s1. The Morgan fingerprint density at radius 2 is 1.76 bits per heavy atom. The SMILES string of the molecule is CCc1ccc([C@H](C)NC(=O)COC(=O)c2nn(C)c(=O)c3ccccc23)cc1. The van der Waals surface area contributed by atoms with Crippen molar-refractivity contribution in [1.29, 1.82) is 0 Å². The molecule has 0 fully saturated rings. The second-order valence-electron chi connectivity index (χ2n) is 6.78. The molecule has 0 saturated carbocycles. The number of aryl methyl sites for hydroxylation is 2. The van der Waals surface area contributed by atoms with Gasteiger partial charge >= 0.3 is 5.97 Å². The molecule has 1 N–H and O–H groups in total. The Labute approximate surface area is 168 Å². The van der Waals surface area contributed by atoms with Gasteiger partial charge in [0.1, 0.15) is 0 Å². The monoisotopic (exact) mass is 393 g/mol. The molecular weight excluding hydrogens is 370 g/mol. The maximum absolute atomic E-state index is 12.5. The lowest BCUT2D eigenvalue weighted by atomic mass is 10.1. The van der Waals surface area contributed by atoms with Crippen LogP contribution in [0.4, 0.5) is 0 Å². The molecule has 0 unspecified atom stereocenters. The third-order valence-electron chi connectivity index (χ3n) is 4.75. The third-order valence-corrected chi connectivity index (χ3v) is 4.75. The molecule has 0 spiro atoms. The van der Waals surface area contributed by atoms with Gasteiger partial charge in [0.25, 0.3) is 11.5 Å². The average molecular weight is 393 g/mol. The highest BCUT2D eigenvalue weighted by Crippen LogP contribution is 2.15. The number of benzene rings is 2. The van der Waals surface area contributed by atoms with E-state index in [4.69, 9.17) is 4.74 Å². The minimum absolute atomic E-state index is 0.00120. The van der Waals surface area contributed by atoms with Crippen molar-refractivity contribution in [2.75, 3.05) is 6.61 Å². The normalized spacial score (nSPS) is 11.8. The molecule has 2 aromatic carbocycles. The number of nitrogens with zero attached hydrogens (tertiary/aromatic N) is 2. The molecule has 29 heavy (non-hydrogen) atoms. The Hall–Kier alpha value is -3.48. The molecule has 0 aliphatic carbocycles. The van der Waals surface area contributed by atoms with Gasteiger partial charge in [0, 0.05) is 12.4 Å². The van der Waals surface area contributed by atoms with Gasteiger partial charge < -0.3 is 10.1 Å². The van der Waals surface area contributed by atoms with Crippen LogP contribution in [0.3, 0.4) is 0 Å². The molecule has 0 aliphatic heterocycles. The summed E-state index contributed by atoms with van der Waals surface area (Å²) in [6, 6.07) is 14.4. The average Bonchev–Trinajstić information content (AvgIpc) is 2.74. The summed E-state index contributed by atoms with van der Waals surface area (Å²) in [4.78, 5) is 36.8. The summed E-state index contributed by atoms with van der Waals surface area (Å²) in [5.74, 6) is -1.17. The van der Waals surface area contributed by atoms with Crippen molar-refractivity contribution in [1.82, 2.24) is 15.1 Å². The molecule has 0 radical (unpaired) electrons. The summed E-state index contributed by atoms with van der Waals surface area (Å²) in [5.41, 5.74) is 1.88. The van der Waals surface area contributed by atoms with Gasteiger partial charge in [-0.3, -0.25) is 9.59 Å². The molecule has 1 heterocycles. The number of rotatable bonds is 6. The Kier molecular flexibility index (Phi) is 6.07. The van der Waals surface area contributed by atoms with E-state index in [1.165, 1.54) is 12.6 Å². The van der Waals surface area contributed by atoms with Crippen molar-refractivity contribution in [3.05, 3.63) is 75.7 Å². The number of hydrogen-bond acceptors (Lipinski definition) is 5. The minimum atomic E-state index is -0.757. The molecule has 3 aromatic rings. The highest BCUT2D eigenvalue weighted by atomic mass is 16.5. The van der Waals surface area contributed by atoms with Crippen LogP contribution in [0.5, 0.6) is 0 Å². The summed E-state index contributed by atoms with van der Waals surface area (Å²) in [5, 5.41) is 7.57. The van der Waals surface area contributed by atoms with Gasteiger partial charge in [-0.1, -0.05) is 49.4 Å². The van der Waals surface area contributed by atoms with Crippen molar-refractivity contribution in [3.8, 4) is 0 Å². The Balaban J connectivity index is 1.66. The number of nitrogens with one attached hydrogen (secondary N) is 1. The van der Waals surface area contributed by atoms with Crippen LogP contribution in [0.2, 0.25) is 0 Å². The lowest BCUT2D eigenvalue weighted by Gasteiger charge is -2.15. The summed E-state index contributed by atoms with van der Waals surface area (Å²) in [6.07, 6.45) is 0.949. The molecule has 7 nitrogen and oxygen atoms in total. The summed E-state index contributed by atoms with van der Waals surface area (Å²) in [6.45, 7) is 3.51. The predicted molar refractivity (Wildman–Crippen MR) is 110 cm³/mol. The van der Waals surface area contributed by atoms with Gasteiger partial charge in [0.15, 0.2) is 12.3 Å². The van der Waals surface area contributed by atoms with E-state index in [2.05, 4.69) is 17.3 Å². The molecular formula is C22H23N3O4. The first-order valence-corrected chi connectivity index (χ1v) is 9.42. The predicted octanol–water partition coefficient (Wildman–Crippen LogP) is 2.53. The zero-order chi connectivity index (χ0) is 21.0. The zero-order valence-corrected chi connectivity index (χ0v) is 16.6. The number of aromatic nitrogens is 2. The summed E-state index contributed by atoms with van der Waals surface area (Å²) in [7, 11) is 1.46. The molecule has 1 aromatic heterocycles. The highest BCUT2D eigenvalue weighted by molar-refractivity contribution is 6.02. The smallest absolute Gasteiger partial charge is 0.359 e. The number of esters is 1. The highest BCUT2D eigenvalue weighted by Gasteiger charge is 2.18. The molecule has 0 aliphatic rings. The lowest BCUT2D eigenvalue weighted by molar-refractivity contribution is -0.124. The molecule has 0 bridgehead atoms. The van der Waals surface area contributed by atoms with E-state index >= 15 is 0 Å². The van der Waals surface area contributed by atoms with E-state index in [-0.39, 0.29) is 17.3 Å². The fourth-order valence-electron chi connectivity index (χ4n) is 3.06. The quantitative estimate of drug-likeness (QED) is 0.650. The van der Waals surface area contributed by atoms with Gasteiger partial charge in [0.2, 0.25) is 0 Å². The van der Waals surface area contributed by atoms with Gasteiger partial charge in [0.05, 0.1) is 11.4 Å². The fraction of sp³-hybridized carbons (Fsp3) is 0.273. The van der Waals surface area contributed by atoms with Crippen LogP contribution in [0, 0.1) is 0 Å². The third kappa shape index (κ3) is 4.51. The minimum Gasteiger partial charge on any atom is -0.451 e. The lowest BCUT2D eigenvalue weighted by Crippen LogP contribution is -2.31. The number of amides is 1. The van der Waals surface area contributed by atoms with Crippen LogP contribution in [-0.2, 0) is 23.0 Å². The first-order chi connectivity index (χ1) is 13.9. The van der Waals surface area contributed by atoms with Gasteiger partial charge in [-0.2, -0.15) is 5.10 Å². The maximum atomic E-state index is 12.5. The van der Waals surface area contributed by atoms with Crippen LogP contribution in [0.15, 0.2) is 53.3 Å². The van der Waals surface area contributed by atoms with Gasteiger partial charge in [-0.05, 0) is 30.5 Å². The number of fused-ring (bicyclic) bond motifs is 1. The zero-order valence-electron chi connectivity index (χ0n) is 16.6. The Bertz CT molecular complexity index is 1100. The molecule has 1 amide bonds. The van der Waals surface area contributed by atoms with Crippen molar-refractivity contribution < 1.29 is 14.3 Å². The van der Waals surface area contributed by atoms with Crippen LogP contribution < -0.4 is 10.9 Å². The number of ether oxygens (including phenoxy) is 1. The van der Waals surface area contributed by atoms with Crippen LogP contribution in [-0.4, -0.2) is 28.3 Å². The largest absolute Gasteiger partial charge is 0.451 e. The van der Waals surface area contributed by atoms with E-state index in [0.717, 1.165) is 16.7 Å². The van der Waals surface area contributed by atoms with Crippen molar-refractivity contribution in [2.45, 2.75) is 26.3 Å².